The van der Waals surface area contributed by atoms with Crippen molar-refractivity contribution in [3.8, 4) is 0 Å². The van der Waals surface area contributed by atoms with Crippen LogP contribution >= 0.6 is 0 Å². The summed E-state index contributed by atoms with van der Waals surface area (Å²) in [4.78, 5) is 2.69. The molecule has 0 aromatic rings. The van der Waals surface area contributed by atoms with Gasteiger partial charge >= 0.3 is 0 Å². The number of rotatable bonds is 8. The van der Waals surface area contributed by atoms with E-state index < -0.39 is 0 Å². The van der Waals surface area contributed by atoms with Crippen LogP contribution in [0.25, 0.3) is 0 Å². The first-order valence-electron chi connectivity index (χ1n) is 7.29. The van der Waals surface area contributed by atoms with E-state index in [9.17, 15) is 0 Å². The zero-order valence-corrected chi connectivity index (χ0v) is 11.3. The van der Waals surface area contributed by atoms with Crippen LogP contribution in [0.3, 0.4) is 0 Å². The maximum atomic E-state index is 3.39. The number of piperidine rings is 1. The second-order valence-electron chi connectivity index (χ2n) is 5.13. The van der Waals surface area contributed by atoms with E-state index in [1.54, 1.807) is 0 Å². The Morgan fingerprint density at radius 2 is 2.06 bits per heavy atom. The molecule has 0 bridgehead atoms. The molecule has 0 aliphatic carbocycles. The highest BCUT2D eigenvalue weighted by atomic mass is 15.1. The maximum absolute atomic E-state index is 3.39. The minimum atomic E-state index is 0.982. The molecule has 0 aromatic heterocycles. The molecule has 1 aliphatic rings. The standard InChI is InChI=1S/C14H30N2/c1-3-14-9-8-12-16(13-14)11-7-5-6-10-15-4-2/h14-15H,3-13H2,1-2H3. The topological polar surface area (TPSA) is 15.3 Å². The Kier molecular flexibility index (Phi) is 7.87. The lowest BCUT2D eigenvalue weighted by molar-refractivity contribution is 0.169. The van der Waals surface area contributed by atoms with E-state index >= 15 is 0 Å². The zero-order chi connectivity index (χ0) is 11.6. The van der Waals surface area contributed by atoms with Crippen LogP contribution in [0.2, 0.25) is 0 Å². The van der Waals surface area contributed by atoms with E-state index in [-0.39, 0.29) is 0 Å². The molecule has 1 aliphatic heterocycles. The fourth-order valence-electron chi connectivity index (χ4n) is 2.63. The highest BCUT2D eigenvalue weighted by molar-refractivity contribution is 4.71. The highest BCUT2D eigenvalue weighted by Gasteiger charge is 2.17. The molecule has 0 spiro atoms. The van der Waals surface area contributed by atoms with Gasteiger partial charge in [0.05, 0.1) is 0 Å². The van der Waals surface area contributed by atoms with Gasteiger partial charge in [-0.2, -0.15) is 0 Å². The molecular weight excluding hydrogens is 196 g/mol. The van der Waals surface area contributed by atoms with Gasteiger partial charge in [-0.1, -0.05) is 26.7 Å². The van der Waals surface area contributed by atoms with Crippen LogP contribution in [0.1, 0.15) is 52.4 Å². The van der Waals surface area contributed by atoms with Crippen molar-refractivity contribution < 1.29 is 0 Å². The summed E-state index contributed by atoms with van der Waals surface area (Å²) in [6.07, 6.45) is 8.39. The van der Waals surface area contributed by atoms with Gasteiger partial charge in [-0.25, -0.2) is 0 Å². The molecule has 1 unspecified atom stereocenters. The van der Waals surface area contributed by atoms with E-state index in [4.69, 9.17) is 0 Å². The molecule has 1 heterocycles. The van der Waals surface area contributed by atoms with E-state index in [0.29, 0.717) is 0 Å². The van der Waals surface area contributed by atoms with Crippen molar-refractivity contribution in [2.24, 2.45) is 5.92 Å². The fraction of sp³-hybridized carbons (Fsp3) is 1.00. The molecule has 0 saturated carbocycles. The van der Waals surface area contributed by atoms with Gasteiger partial charge in [0.15, 0.2) is 0 Å². The second-order valence-corrected chi connectivity index (χ2v) is 5.13. The quantitative estimate of drug-likeness (QED) is 0.640. The van der Waals surface area contributed by atoms with Crippen LogP contribution < -0.4 is 5.32 Å². The lowest BCUT2D eigenvalue weighted by Crippen LogP contribution is -2.35. The molecule has 1 N–H and O–H groups in total. The van der Waals surface area contributed by atoms with Crippen LogP contribution in [0.15, 0.2) is 0 Å². The fourth-order valence-corrected chi connectivity index (χ4v) is 2.63. The van der Waals surface area contributed by atoms with Crippen molar-refractivity contribution in [3.63, 3.8) is 0 Å². The zero-order valence-electron chi connectivity index (χ0n) is 11.3. The first-order valence-corrected chi connectivity index (χ1v) is 7.29. The van der Waals surface area contributed by atoms with E-state index in [0.717, 1.165) is 12.5 Å². The minimum Gasteiger partial charge on any atom is -0.317 e. The lowest BCUT2D eigenvalue weighted by Gasteiger charge is -2.32. The molecule has 0 radical (unpaired) electrons. The molecule has 1 atom stereocenters. The molecular formula is C14H30N2. The van der Waals surface area contributed by atoms with Crippen molar-refractivity contribution in [1.29, 1.82) is 0 Å². The summed E-state index contributed by atoms with van der Waals surface area (Å²) in [5, 5.41) is 3.39. The second kappa shape index (κ2) is 9.00. The maximum Gasteiger partial charge on any atom is 0.000956 e. The van der Waals surface area contributed by atoms with Crippen molar-refractivity contribution in [3.05, 3.63) is 0 Å². The number of nitrogens with one attached hydrogen (secondary N) is 1. The Bertz CT molecular complexity index is 159. The monoisotopic (exact) mass is 226 g/mol. The van der Waals surface area contributed by atoms with Crippen LogP contribution in [-0.2, 0) is 0 Å². The summed E-state index contributed by atoms with van der Waals surface area (Å²) in [6, 6.07) is 0. The van der Waals surface area contributed by atoms with Crippen LogP contribution in [-0.4, -0.2) is 37.6 Å². The normalized spacial score (nSPS) is 22.5. The molecule has 16 heavy (non-hydrogen) atoms. The minimum absolute atomic E-state index is 0.982. The van der Waals surface area contributed by atoms with Gasteiger partial charge in [-0.05, 0) is 57.8 Å². The lowest BCUT2D eigenvalue weighted by atomic mass is 9.95. The largest absolute Gasteiger partial charge is 0.317 e. The Balaban J connectivity index is 1.95. The summed E-state index contributed by atoms with van der Waals surface area (Å²) in [7, 11) is 0. The van der Waals surface area contributed by atoms with Crippen LogP contribution in [0.4, 0.5) is 0 Å². The summed E-state index contributed by atoms with van der Waals surface area (Å²) < 4.78 is 0. The molecule has 1 saturated heterocycles. The average Bonchev–Trinajstić information content (AvgIpc) is 2.34. The Morgan fingerprint density at radius 1 is 1.19 bits per heavy atom. The van der Waals surface area contributed by atoms with Gasteiger partial charge in [-0.15, -0.1) is 0 Å². The number of likely N-dealkylation sites (tertiary alicyclic amines) is 1. The Hall–Kier alpha value is -0.0800. The van der Waals surface area contributed by atoms with Crippen LogP contribution in [0, 0.1) is 5.92 Å². The molecule has 1 rings (SSSR count). The van der Waals surface area contributed by atoms with Gasteiger partial charge in [0.1, 0.15) is 0 Å². The summed E-state index contributed by atoms with van der Waals surface area (Å²) >= 11 is 0. The van der Waals surface area contributed by atoms with Gasteiger partial charge < -0.3 is 10.2 Å². The predicted molar refractivity (Wildman–Crippen MR) is 71.8 cm³/mol. The molecule has 96 valence electrons. The van der Waals surface area contributed by atoms with E-state index in [2.05, 4.69) is 24.1 Å². The van der Waals surface area contributed by atoms with Crippen molar-refractivity contribution in [2.45, 2.75) is 52.4 Å². The van der Waals surface area contributed by atoms with Gasteiger partial charge in [0, 0.05) is 6.54 Å². The number of unbranched alkanes of at least 4 members (excludes halogenated alkanes) is 2. The van der Waals surface area contributed by atoms with Crippen molar-refractivity contribution >= 4 is 0 Å². The first kappa shape index (κ1) is 14.0. The van der Waals surface area contributed by atoms with Crippen molar-refractivity contribution in [1.82, 2.24) is 10.2 Å². The predicted octanol–water partition coefficient (Wildman–Crippen LogP) is 2.89. The Morgan fingerprint density at radius 3 is 2.81 bits per heavy atom. The molecule has 2 heteroatoms. The smallest absolute Gasteiger partial charge is 0.000956 e. The summed E-state index contributed by atoms with van der Waals surface area (Å²) in [5.74, 6) is 0.982. The summed E-state index contributed by atoms with van der Waals surface area (Å²) in [6.45, 7) is 10.9. The van der Waals surface area contributed by atoms with Gasteiger partial charge in [-0.3, -0.25) is 0 Å². The van der Waals surface area contributed by atoms with Gasteiger partial charge in [0.2, 0.25) is 0 Å². The highest BCUT2D eigenvalue weighted by Crippen LogP contribution is 2.19. The molecule has 1 fully saturated rings. The first-order chi connectivity index (χ1) is 7.86. The third-order valence-corrected chi connectivity index (χ3v) is 3.76. The average molecular weight is 226 g/mol. The summed E-state index contributed by atoms with van der Waals surface area (Å²) in [5.41, 5.74) is 0. The van der Waals surface area contributed by atoms with E-state index in [1.807, 2.05) is 0 Å². The molecule has 0 aromatic carbocycles. The van der Waals surface area contributed by atoms with Gasteiger partial charge in [0.25, 0.3) is 0 Å². The Labute approximate surface area is 102 Å². The number of nitrogens with zero attached hydrogens (tertiary/aromatic N) is 1. The van der Waals surface area contributed by atoms with Crippen LogP contribution in [0.5, 0.6) is 0 Å². The number of hydrogen-bond acceptors (Lipinski definition) is 2. The third kappa shape index (κ3) is 5.86. The third-order valence-electron chi connectivity index (χ3n) is 3.76. The van der Waals surface area contributed by atoms with Crippen molar-refractivity contribution in [2.75, 3.05) is 32.7 Å². The number of hydrogen-bond donors (Lipinski definition) is 1. The van der Waals surface area contributed by atoms with E-state index in [1.165, 1.54) is 64.7 Å². The SMILES string of the molecule is CCNCCCCCN1CCCC(CC)C1. The molecule has 0 amide bonds. The molecule has 2 nitrogen and oxygen atoms in total.